The van der Waals surface area contributed by atoms with Gasteiger partial charge in [-0.1, -0.05) is 40.2 Å². The molecule has 1 aromatic carbocycles. The molecule has 3 N–H and O–H groups in total. The van der Waals surface area contributed by atoms with Gasteiger partial charge in [0.2, 0.25) is 0 Å². The minimum Gasteiger partial charge on any atom is -0.271 e. The van der Waals surface area contributed by atoms with Crippen LogP contribution in [0.25, 0.3) is 0 Å². The third kappa shape index (κ3) is 3.16. The maximum atomic E-state index is 5.65. The van der Waals surface area contributed by atoms with Crippen molar-refractivity contribution in [2.24, 2.45) is 5.84 Å². The molecular formula is C14H16BrN3. The van der Waals surface area contributed by atoms with Crippen LogP contribution < -0.4 is 11.3 Å². The Labute approximate surface area is 116 Å². The molecule has 1 unspecified atom stereocenters. The lowest BCUT2D eigenvalue weighted by molar-refractivity contribution is 0.536. The number of hydrogen-bond donors (Lipinski definition) is 2. The van der Waals surface area contributed by atoms with Crippen molar-refractivity contribution in [3.8, 4) is 0 Å². The SMILES string of the molecule is Cc1cccc(C(Cc2ccccc2Br)NN)n1. The molecule has 0 saturated heterocycles. The Bertz CT molecular complexity index is 528. The van der Waals surface area contributed by atoms with E-state index in [2.05, 4.69) is 32.4 Å². The van der Waals surface area contributed by atoms with E-state index in [0.717, 1.165) is 22.3 Å². The third-order valence-electron chi connectivity index (χ3n) is 2.85. The van der Waals surface area contributed by atoms with Crippen LogP contribution in [-0.2, 0) is 6.42 Å². The summed E-state index contributed by atoms with van der Waals surface area (Å²) >= 11 is 3.55. The molecule has 0 spiro atoms. The van der Waals surface area contributed by atoms with Crippen LogP contribution in [0.4, 0.5) is 0 Å². The Morgan fingerprint density at radius 1 is 1.22 bits per heavy atom. The van der Waals surface area contributed by atoms with Crippen molar-refractivity contribution in [3.05, 3.63) is 63.9 Å². The first-order valence-corrected chi connectivity index (χ1v) is 6.63. The van der Waals surface area contributed by atoms with Gasteiger partial charge in [-0.05, 0) is 37.1 Å². The number of nitrogens with two attached hydrogens (primary N) is 1. The van der Waals surface area contributed by atoms with Crippen LogP contribution in [0, 0.1) is 6.92 Å². The number of nitrogens with zero attached hydrogens (tertiary/aromatic N) is 1. The van der Waals surface area contributed by atoms with Crippen LogP contribution >= 0.6 is 15.9 Å². The fraction of sp³-hybridized carbons (Fsp3) is 0.214. The summed E-state index contributed by atoms with van der Waals surface area (Å²) in [5, 5.41) is 0. The lowest BCUT2D eigenvalue weighted by atomic mass is 10.0. The molecular weight excluding hydrogens is 290 g/mol. The number of rotatable bonds is 4. The molecule has 1 heterocycles. The van der Waals surface area contributed by atoms with E-state index in [4.69, 9.17) is 5.84 Å². The minimum absolute atomic E-state index is 0.0172. The summed E-state index contributed by atoms with van der Waals surface area (Å²) in [4.78, 5) is 4.51. The maximum absolute atomic E-state index is 5.65. The highest BCUT2D eigenvalue weighted by Gasteiger charge is 2.13. The van der Waals surface area contributed by atoms with Gasteiger partial charge in [-0.15, -0.1) is 0 Å². The normalized spacial score (nSPS) is 12.4. The molecule has 0 amide bonds. The monoisotopic (exact) mass is 305 g/mol. The van der Waals surface area contributed by atoms with Gasteiger partial charge in [0.05, 0.1) is 11.7 Å². The molecule has 94 valence electrons. The molecule has 2 rings (SSSR count). The van der Waals surface area contributed by atoms with Crippen LogP contribution in [0.15, 0.2) is 46.9 Å². The topological polar surface area (TPSA) is 50.9 Å². The van der Waals surface area contributed by atoms with Gasteiger partial charge in [-0.2, -0.15) is 0 Å². The minimum atomic E-state index is 0.0172. The predicted octanol–water partition coefficient (Wildman–Crippen LogP) is 2.90. The van der Waals surface area contributed by atoms with E-state index >= 15 is 0 Å². The summed E-state index contributed by atoms with van der Waals surface area (Å²) < 4.78 is 1.10. The standard InChI is InChI=1S/C14H16BrN3/c1-10-5-4-8-13(17-10)14(18-16)9-11-6-2-3-7-12(11)15/h2-8,14,18H,9,16H2,1H3. The lowest BCUT2D eigenvalue weighted by Crippen LogP contribution is -2.30. The lowest BCUT2D eigenvalue weighted by Gasteiger charge is -2.16. The molecule has 18 heavy (non-hydrogen) atoms. The first-order chi connectivity index (χ1) is 8.70. The Morgan fingerprint density at radius 3 is 2.67 bits per heavy atom. The molecule has 3 nitrogen and oxygen atoms in total. The molecule has 4 heteroatoms. The molecule has 0 saturated carbocycles. The van der Waals surface area contributed by atoms with Crippen molar-refractivity contribution >= 4 is 15.9 Å². The molecule has 2 aromatic rings. The second kappa shape index (κ2) is 6.09. The fourth-order valence-electron chi connectivity index (χ4n) is 1.89. The van der Waals surface area contributed by atoms with E-state index in [0.29, 0.717) is 0 Å². The van der Waals surface area contributed by atoms with Gasteiger partial charge in [0.25, 0.3) is 0 Å². The molecule has 1 aromatic heterocycles. The quantitative estimate of drug-likeness (QED) is 0.674. The number of hydrazine groups is 1. The van der Waals surface area contributed by atoms with E-state index < -0.39 is 0 Å². The van der Waals surface area contributed by atoms with E-state index in [1.807, 2.05) is 43.3 Å². The van der Waals surface area contributed by atoms with Gasteiger partial charge >= 0.3 is 0 Å². The highest BCUT2D eigenvalue weighted by molar-refractivity contribution is 9.10. The molecule has 1 atom stereocenters. The van der Waals surface area contributed by atoms with Gasteiger partial charge in [0.1, 0.15) is 0 Å². The highest BCUT2D eigenvalue weighted by Crippen LogP contribution is 2.22. The molecule has 0 aliphatic carbocycles. The van der Waals surface area contributed by atoms with Gasteiger partial charge in [0.15, 0.2) is 0 Å². The molecule has 0 radical (unpaired) electrons. The summed E-state index contributed by atoms with van der Waals surface area (Å²) in [6.45, 7) is 1.98. The third-order valence-corrected chi connectivity index (χ3v) is 3.62. The zero-order chi connectivity index (χ0) is 13.0. The van der Waals surface area contributed by atoms with Crippen molar-refractivity contribution in [3.63, 3.8) is 0 Å². The number of nitrogens with one attached hydrogen (secondary N) is 1. The molecule has 0 aliphatic rings. The van der Waals surface area contributed by atoms with E-state index in [1.165, 1.54) is 5.56 Å². The van der Waals surface area contributed by atoms with Crippen molar-refractivity contribution in [1.82, 2.24) is 10.4 Å². The van der Waals surface area contributed by atoms with Gasteiger partial charge in [-0.3, -0.25) is 16.3 Å². The number of aromatic nitrogens is 1. The van der Waals surface area contributed by atoms with Crippen LogP contribution in [0.1, 0.15) is 23.0 Å². The Balaban J connectivity index is 2.23. The zero-order valence-corrected chi connectivity index (χ0v) is 11.8. The summed E-state index contributed by atoms with van der Waals surface area (Å²) in [5.41, 5.74) is 6.02. The van der Waals surface area contributed by atoms with Crippen LogP contribution in [0.5, 0.6) is 0 Å². The highest BCUT2D eigenvalue weighted by atomic mass is 79.9. The van der Waals surface area contributed by atoms with Crippen LogP contribution in [-0.4, -0.2) is 4.98 Å². The average molecular weight is 306 g/mol. The van der Waals surface area contributed by atoms with Gasteiger partial charge < -0.3 is 0 Å². The largest absolute Gasteiger partial charge is 0.271 e. The maximum Gasteiger partial charge on any atom is 0.0672 e. The van der Waals surface area contributed by atoms with Crippen molar-refractivity contribution in [2.75, 3.05) is 0 Å². The smallest absolute Gasteiger partial charge is 0.0672 e. The van der Waals surface area contributed by atoms with Crippen molar-refractivity contribution in [2.45, 2.75) is 19.4 Å². The van der Waals surface area contributed by atoms with Gasteiger partial charge in [-0.25, -0.2) is 0 Å². The van der Waals surface area contributed by atoms with Crippen molar-refractivity contribution in [1.29, 1.82) is 0 Å². The number of pyridine rings is 1. The average Bonchev–Trinajstić information content (AvgIpc) is 2.38. The first-order valence-electron chi connectivity index (χ1n) is 5.84. The van der Waals surface area contributed by atoms with E-state index in [1.54, 1.807) is 0 Å². The van der Waals surface area contributed by atoms with E-state index in [-0.39, 0.29) is 6.04 Å². The second-order valence-electron chi connectivity index (χ2n) is 4.22. The van der Waals surface area contributed by atoms with Gasteiger partial charge in [0, 0.05) is 10.2 Å². The predicted molar refractivity (Wildman–Crippen MR) is 76.9 cm³/mol. The zero-order valence-electron chi connectivity index (χ0n) is 10.2. The summed E-state index contributed by atoms with van der Waals surface area (Å²) in [6, 6.07) is 14.1. The fourth-order valence-corrected chi connectivity index (χ4v) is 2.34. The number of aryl methyl sites for hydroxylation is 1. The first kappa shape index (κ1) is 13.2. The summed E-state index contributed by atoms with van der Waals surface area (Å²) in [6.07, 6.45) is 0.800. The summed E-state index contributed by atoms with van der Waals surface area (Å²) in [7, 11) is 0. The molecule has 0 fully saturated rings. The van der Waals surface area contributed by atoms with Crippen LogP contribution in [0.2, 0.25) is 0 Å². The number of hydrogen-bond acceptors (Lipinski definition) is 3. The van der Waals surface area contributed by atoms with Crippen molar-refractivity contribution < 1.29 is 0 Å². The van der Waals surface area contributed by atoms with Crippen LogP contribution in [0.3, 0.4) is 0 Å². The Kier molecular flexibility index (Phi) is 4.47. The summed E-state index contributed by atoms with van der Waals surface area (Å²) in [5.74, 6) is 5.65. The van der Waals surface area contributed by atoms with E-state index in [9.17, 15) is 0 Å². The Morgan fingerprint density at radius 2 is 2.00 bits per heavy atom. The number of benzene rings is 1. The molecule has 0 bridgehead atoms. The molecule has 0 aliphatic heterocycles. The second-order valence-corrected chi connectivity index (χ2v) is 5.07. The number of halogens is 1. The Hall–Kier alpha value is -1.23.